The van der Waals surface area contributed by atoms with E-state index in [2.05, 4.69) is 15.5 Å². The highest BCUT2D eigenvalue weighted by molar-refractivity contribution is 5.94. The predicted molar refractivity (Wildman–Crippen MR) is 128 cm³/mol. The van der Waals surface area contributed by atoms with Gasteiger partial charge in [-0.25, -0.2) is 19.9 Å². The summed E-state index contributed by atoms with van der Waals surface area (Å²) in [6, 6.07) is 9.18. The third kappa shape index (κ3) is 6.07. The summed E-state index contributed by atoms with van der Waals surface area (Å²) in [5.74, 6) is -0.832. The molecule has 0 aliphatic rings. The van der Waals surface area contributed by atoms with Crippen LogP contribution in [0.25, 0.3) is 17.1 Å². The van der Waals surface area contributed by atoms with Crippen LogP contribution in [0, 0.1) is 0 Å². The number of phenolic OH excluding ortho intramolecular Hbond substituents is 2. The van der Waals surface area contributed by atoms with Crippen LogP contribution in [0.3, 0.4) is 0 Å². The zero-order chi connectivity index (χ0) is 25.5. The number of hydrogen-bond donors (Lipinski definition) is 6. The first-order valence-corrected chi connectivity index (χ1v) is 11.3. The molecule has 3 rings (SSSR count). The first kappa shape index (κ1) is 25.5. The van der Waals surface area contributed by atoms with Crippen molar-refractivity contribution in [3.05, 3.63) is 58.0 Å². The number of carbonyl (C=O) groups is 2. The first-order chi connectivity index (χ1) is 16.7. The minimum absolute atomic E-state index is 0.0219. The molecule has 1 heterocycles. The van der Waals surface area contributed by atoms with Gasteiger partial charge in [-0.3, -0.25) is 14.8 Å². The molecule has 0 radical (unpaired) electrons. The van der Waals surface area contributed by atoms with E-state index in [4.69, 9.17) is 5.21 Å². The van der Waals surface area contributed by atoms with Crippen molar-refractivity contribution in [3.8, 4) is 28.6 Å². The van der Waals surface area contributed by atoms with Crippen LogP contribution >= 0.6 is 0 Å². The van der Waals surface area contributed by atoms with Crippen molar-refractivity contribution in [3.63, 3.8) is 0 Å². The molecule has 3 aromatic rings. The van der Waals surface area contributed by atoms with Crippen molar-refractivity contribution in [1.82, 2.24) is 25.6 Å². The molecule has 0 saturated carbocycles. The molecule has 2 amide bonds. The quantitative estimate of drug-likeness (QED) is 0.146. The number of amides is 2. The maximum absolute atomic E-state index is 12.5. The second-order valence-electron chi connectivity index (χ2n) is 8.42. The Morgan fingerprint density at radius 3 is 2.43 bits per heavy atom. The molecular formula is C24H29N5O6. The van der Waals surface area contributed by atoms with Crippen LogP contribution in [0.1, 0.15) is 61.4 Å². The van der Waals surface area contributed by atoms with Crippen LogP contribution in [0.15, 0.2) is 41.2 Å². The number of aromatic hydroxyl groups is 2. The van der Waals surface area contributed by atoms with E-state index in [-0.39, 0.29) is 41.1 Å². The molecule has 11 heteroatoms. The monoisotopic (exact) mass is 483 g/mol. The lowest BCUT2D eigenvalue weighted by Crippen LogP contribution is -2.24. The Hall–Kier alpha value is -4.12. The number of benzene rings is 2. The van der Waals surface area contributed by atoms with E-state index in [9.17, 15) is 24.6 Å². The number of nitrogens with zero attached hydrogens (tertiary/aromatic N) is 2. The minimum Gasteiger partial charge on any atom is -0.508 e. The Morgan fingerprint density at radius 1 is 1.06 bits per heavy atom. The molecule has 0 spiro atoms. The van der Waals surface area contributed by atoms with Crippen LogP contribution < -0.4 is 16.5 Å². The lowest BCUT2D eigenvalue weighted by atomic mass is 9.98. The third-order valence-electron chi connectivity index (χ3n) is 5.56. The average molecular weight is 484 g/mol. The number of H-pyrrole nitrogens is 1. The van der Waals surface area contributed by atoms with Gasteiger partial charge in [-0.2, -0.15) is 5.10 Å². The zero-order valence-corrected chi connectivity index (χ0v) is 19.5. The average Bonchev–Trinajstić information content (AvgIpc) is 3.21. The fourth-order valence-electron chi connectivity index (χ4n) is 3.66. The molecule has 35 heavy (non-hydrogen) atoms. The van der Waals surface area contributed by atoms with Gasteiger partial charge in [0.25, 0.3) is 5.91 Å². The van der Waals surface area contributed by atoms with Gasteiger partial charge in [0.15, 0.2) is 5.82 Å². The van der Waals surface area contributed by atoms with Crippen LogP contribution in [-0.4, -0.2) is 48.5 Å². The summed E-state index contributed by atoms with van der Waals surface area (Å²) in [5.41, 5.74) is 2.78. The predicted octanol–water partition coefficient (Wildman–Crippen LogP) is 2.56. The van der Waals surface area contributed by atoms with Gasteiger partial charge in [-0.05, 0) is 54.7 Å². The van der Waals surface area contributed by atoms with Crippen molar-refractivity contribution >= 4 is 11.8 Å². The molecule has 0 bridgehead atoms. The molecule has 0 saturated heterocycles. The molecule has 0 aliphatic heterocycles. The summed E-state index contributed by atoms with van der Waals surface area (Å²) >= 11 is 0. The van der Waals surface area contributed by atoms with Crippen molar-refractivity contribution in [2.45, 2.75) is 45.4 Å². The number of nitrogens with one attached hydrogen (secondary N) is 3. The second kappa shape index (κ2) is 11.3. The number of aromatic amines is 1. The number of phenols is 2. The number of hydrogen-bond acceptors (Lipinski definition) is 7. The van der Waals surface area contributed by atoms with Crippen molar-refractivity contribution in [2.75, 3.05) is 6.54 Å². The Kier molecular flexibility index (Phi) is 8.26. The molecule has 0 aliphatic carbocycles. The summed E-state index contributed by atoms with van der Waals surface area (Å²) in [7, 11) is 0. The molecule has 1 aromatic heterocycles. The summed E-state index contributed by atoms with van der Waals surface area (Å²) in [4.78, 5) is 35.9. The Bertz CT molecular complexity index is 1250. The van der Waals surface area contributed by atoms with Gasteiger partial charge in [0, 0.05) is 24.6 Å². The maximum Gasteiger partial charge on any atom is 0.348 e. The summed E-state index contributed by atoms with van der Waals surface area (Å²) in [5, 5.41) is 38.2. The largest absolute Gasteiger partial charge is 0.508 e. The van der Waals surface area contributed by atoms with Gasteiger partial charge < -0.3 is 15.5 Å². The normalized spacial score (nSPS) is 11.0. The summed E-state index contributed by atoms with van der Waals surface area (Å²) in [6.45, 7) is 4.23. The van der Waals surface area contributed by atoms with Crippen LogP contribution in [0.5, 0.6) is 11.5 Å². The van der Waals surface area contributed by atoms with Crippen molar-refractivity contribution in [2.24, 2.45) is 0 Å². The lowest BCUT2D eigenvalue weighted by Gasteiger charge is -2.13. The smallest absolute Gasteiger partial charge is 0.348 e. The molecule has 186 valence electrons. The Labute approximate surface area is 201 Å². The van der Waals surface area contributed by atoms with Gasteiger partial charge in [-0.1, -0.05) is 20.3 Å². The number of carbonyl (C=O) groups excluding carboxylic acids is 2. The van der Waals surface area contributed by atoms with E-state index < -0.39 is 11.6 Å². The van der Waals surface area contributed by atoms with E-state index in [1.54, 1.807) is 35.8 Å². The summed E-state index contributed by atoms with van der Waals surface area (Å²) in [6.07, 6.45) is 2.24. The van der Waals surface area contributed by atoms with Crippen LogP contribution in [-0.2, 0) is 4.79 Å². The molecule has 6 N–H and O–H groups in total. The highest BCUT2D eigenvalue weighted by Gasteiger charge is 2.19. The van der Waals surface area contributed by atoms with Crippen LogP contribution in [0.2, 0.25) is 0 Å². The molecule has 0 unspecified atom stereocenters. The number of hydroxylamine groups is 1. The fourth-order valence-corrected chi connectivity index (χ4v) is 3.66. The number of unbranched alkanes of at least 4 members (excludes halogenated alkanes) is 2. The van der Waals surface area contributed by atoms with E-state index in [1.165, 1.54) is 10.6 Å². The second-order valence-corrected chi connectivity index (χ2v) is 8.42. The van der Waals surface area contributed by atoms with Crippen LogP contribution in [0.4, 0.5) is 0 Å². The molecule has 0 atom stereocenters. The van der Waals surface area contributed by atoms with Gasteiger partial charge in [0.1, 0.15) is 11.5 Å². The molecule has 0 fully saturated rings. The first-order valence-electron chi connectivity index (χ1n) is 11.3. The van der Waals surface area contributed by atoms with Crippen molar-refractivity contribution in [1.29, 1.82) is 0 Å². The summed E-state index contributed by atoms with van der Waals surface area (Å²) < 4.78 is 1.28. The van der Waals surface area contributed by atoms with Gasteiger partial charge in [0.2, 0.25) is 5.91 Å². The standard InChI is InChI=1S/C24H29N5O6/c1-14(2)17-12-18(20(31)13-19(17)30)22-26-27-24(34)29(22)16-9-7-15(8-10-16)23(33)25-11-5-3-4-6-21(32)28-35/h7-10,12-14,30-31,35H,3-6,11H2,1-2H3,(H,25,33)(H,27,34)(H,28,32). The van der Waals surface area contributed by atoms with E-state index in [0.717, 1.165) is 6.42 Å². The maximum atomic E-state index is 12.5. The number of rotatable bonds is 10. The van der Waals surface area contributed by atoms with Gasteiger partial charge in [-0.15, -0.1) is 0 Å². The van der Waals surface area contributed by atoms with Crippen molar-refractivity contribution < 1.29 is 25.0 Å². The van der Waals surface area contributed by atoms with Gasteiger partial charge in [0.05, 0.1) is 11.3 Å². The van der Waals surface area contributed by atoms with E-state index >= 15 is 0 Å². The highest BCUT2D eigenvalue weighted by Crippen LogP contribution is 2.37. The highest BCUT2D eigenvalue weighted by atomic mass is 16.5. The molecule has 11 nitrogen and oxygen atoms in total. The molecular weight excluding hydrogens is 454 g/mol. The fraction of sp³-hybridized carbons (Fsp3) is 0.333. The molecule has 2 aromatic carbocycles. The Morgan fingerprint density at radius 2 is 1.77 bits per heavy atom. The van der Waals surface area contributed by atoms with E-state index in [1.807, 2.05) is 13.8 Å². The number of aromatic nitrogens is 3. The van der Waals surface area contributed by atoms with E-state index in [0.29, 0.717) is 36.2 Å². The Balaban J connectivity index is 1.73. The topological polar surface area (TPSA) is 170 Å². The van der Waals surface area contributed by atoms with Gasteiger partial charge >= 0.3 is 5.69 Å². The lowest BCUT2D eigenvalue weighted by molar-refractivity contribution is -0.129. The zero-order valence-electron chi connectivity index (χ0n) is 19.5. The minimum atomic E-state index is -0.523. The third-order valence-corrected chi connectivity index (χ3v) is 5.56. The SMILES string of the molecule is CC(C)c1cc(-c2n[nH]c(=O)n2-c2ccc(C(=O)NCCCCCC(=O)NO)cc2)c(O)cc1O.